The molecule has 112 valence electrons. The lowest BCUT2D eigenvalue weighted by atomic mass is 10.2. The van der Waals surface area contributed by atoms with Gasteiger partial charge in [0, 0.05) is 18.7 Å². The molecule has 0 atom stereocenters. The lowest BCUT2D eigenvalue weighted by molar-refractivity contribution is 0.122. The van der Waals surface area contributed by atoms with Gasteiger partial charge in [0.1, 0.15) is 5.75 Å². The summed E-state index contributed by atoms with van der Waals surface area (Å²) >= 11 is 0. The molecule has 22 heavy (non-hydrogen) atoms. The molecular weight excluding hydrogens is 284 g/mol. The van der Waals surface area contributed by atoms with Gasteiger partial charge in [-0.2, -0.15) is 4.98 Å². The van der Waals surface area contributed by atoms with Crippen molar-refractivity contribution in [1.29, 1.82) is 0 Å². The first-order valence-corrected chi connectivity index (χ1v) is 7.04. The molecule has 1 fully saturated rings. The molecule has 1 aliphatic heterocycles. The summed E-state index contributed by atoms with van der Waals surface area (Å²) in [7, 11) is 0. The van der Waals surface area contributed by atoms with Gasteiger partial charge in [0.15, 0.2) is 18.0 Å². The molecule has 1 N–H and O–H groups in total. The number of morpholine rings is 1. The molecule has 0 unspecified atom stereocenters. The number of hydrogen-bond acceptors (Lipinski definition) is 7. The van der Waals surface area contributed by atoms with Crippen LogP contribution in [0, 0.1) is 0 Å². The SMILES string of the molecule is Oc1cccc(-c2nc(N3CCOCC3)c3ocnc3n2)c1. The average Bonchev–Trinajstić information content (AvgIpc) is 3.03. The van der Waals surface area contributed by atoms with Crippen molar-refractivity contribution in [1.82, 2.24) is 15.0 Å². The van der Waals surface area contributed by atoms with Gasteiger partial charge in [-0.05, 0) is 12.1 Å². The molecule has 7 heteroatoms. The van der Waals surface area contributed by atoms with E-state index in [0.29, 0.717) is 36.1 Å². The van der Waals surface area contributed by atoms with Crippen LogP contribution in [0.2, 0.25) is 0 Å². The number of hydrogen-bond donors (Lipinski definition) is 1. The van der Waals surface area contributed by atoms with E-state index in [2.05, 4.69) is 19.9 Å². The number of phenols is 1. The van der Waals surface area contributed by atoms with E-state index < -0.39 is 0 Å². The Hall–Kier alpha value is -2.67. The highest BCUT2D eigenvalue weighted by Gasteiger charge is 2.20. The molecule has 0 amide bonds. The standard InChI is InChI=1S/C15H14N4O3/c20-11-3-1-2-10(8-11)13-17-14-12(22-9-16-14)15(18-13)19-4-6-21-7-5-19/h1-3,8-9,20H,4-7H2. The number of oxazole rings is 1. The number of nitrogens with zero attached hydrogens (tertiary/aromatic N) is 4. The van der Waals surface area contributed by atoms with Gasteiger partial charge < -0.3 is 19.2 Å². The van der Waals surface area contributed by atoms with E-state index in [0.717, 1.165) is 18.7 Å². The van der Waals surface area contributed by atoms with E-state index in [-0.39, 0.29) is 5.75 Å². The molecule has 3 heterocycles. The molecule has 0 bridgehead atoms. The van der Waals surface area contributed by atoms with E-state index in [1.165, 1.54) is 6.39 Å². The zero-order chi connectivity index (χ0) is 14.9. The van der Waals surface area contributed by atoms with Crippen LogP contribution in [0.4, 0.5) is 5.82 Å². The number of phenolic OH excluding ortho intramolecular Hbond substituents is 1. The van der Waals surface area contributed by atoms with Gasteiger partial charge in [0.05, 0.1) is 13.2 Å². The van der Waals surface area contributed by atoms with E-state index >= 15 is 0 Å². The monoisotopic (exact) mass is 298 g/mol. The molecule has 1 saturated heterocycles. The Labute approximate surface area is 126 Å². The summed E-state index contributed by atoms with van der Waals surface area (Å²) in [5, 5.41) is 9.65. The number of anilines is 1. The van der Waals surface area contributed by atoms with Crippen LogP contribution in [-0.4, -0.2) is 46.4 Å². The normalized spacial score (nSPS) is 15.4. The van der Waals surface area contributed by atoms with Crippen molar-refractivity contribution in [2.24, 2.45) is 0 Å². The Balaban J connectivity index is 1.86. The molecule has 0 radical (unpaired) electrons. The van der Waals surface area contributed by atoms with Crippen LogP contribution in [0.25, 0.3) is 22.6 Å². The topological polar surface area (TPSA) is 84.5 Å². The predicted molar refractivity (Wildman–Crippen MR) is 79.7 cm³/mol. The third-order valence-electron chi connectivity index (χ3n) is 3.59. The minimum absolute atomic E-state index is 0.175. The van der Waals surface area contributed by atoms with Crippen LogP contribution in [0.1, 0.15) is 0 Å². The second-order valence-electron chi connectivity index (χ2n) is 5.03. The summed E-state index contributed by atoms with van der Waals surface area (Å²) in [5.41, 5.74) is 1.82. The Morgan fingerprint density at radius 2 is 2.00 bits per heavy atom. The molecule has 0 aliphatic carbocycles. The highest BCUT2D eigenvalue weighted by atomic mass is 16.5. The van der Waals surface area contributed by atoms with Gasteiger partial charge in [-0.3, -0.25) is 0 Å². The fourth-order valence-electron chi connectivity index (χ4n) is 2.51. The Bertz CT molecular complexity index is 811. The first-order valence-electron chi connectivity index (χ1n) is 7.04. The molecule has 0 saturated carbocycles. The number of aromatic hydroxyl groups is 1. The molecule has 4 rings (SSSR count). The first kappa shape index (κ1) is 13.0. The second-order valence-corrected chi connectivity index (χ2v) is 5.03. The summed E-state index contributed by atoms with van der Waals surface area (Å²) in [6, 6.07) is 6.85. The van der Waals surface area contributed by atoms with Crippen LogP contribution in [0.15, 0.2) is 35.1 Å². The Kier molecular flexibility index (Phi) is 3.12. The van der Waals surface area contributed by atoms with E-state index in [1.54, 1.807) is 18.2 Å². The zero-order valence-corrected chi connectivity index (χ0v) is 11.8. The Morgan fingerprint density at radius 1 is 1.14 bits per heavy atom. The summed E-state index contributed by atoms with van der Waals surface area (Å²) in [5.74, 6) is 1.40. The predicted octanol–water partition coefficient (Wildman–Crippen LogP) is 1.83. The van der Waals surface area contributed by atoms with Gasteiger partial charge in [0.25, 0.3) is 0 Å². The van der Waals surface area contributed by atoms with Crippen molar-refractivity contribution in [3.05, 3.63) is 30.7 Å². The van der Waals surface area contributed by atoms with Crippen molar-refractivity contribution >= 4 is 17.0 Å². The summed E-state index contributed by atoms with van der Waals surface area (Å²) < 4.78 is 10.8. The van der Waals surface area contributed by atoms with Gasteiger partial charge in [0.2, 0.25) is 11.2 Å². The van der Waals surface area contributed by atoms with Gasteiger partial charge in [-0.1, -0.05) is 12.1 Å². The third-order valence-corrected chi connectivity index (χ3v) is 3.59. The van der Waals surface area contributed by atoms with Gasteiger partial charge in [-0.25, -0.2) is 9.97 Å². The van der Waals surface area contributed by atoms with Crippen LogP contribution >= 0.6 is 0 Å². The third kappa shape index (κ3) is 2.25. The van der Waals surface area contributed by atoms with Crippen molar-refractivity contribution in [3.63, 3.8) is 0 Å². The molecule has 7 nitrogen and oxygen atoms in total. The zero-order valence-electron chi connectivity index (χ0n) is 11.8. The van der Waals surface area contributed by atoms with E-state index in [1.807, 2.05) is 6.07 Å². The van der Waals surface area contributed by atoms with Crippen LogP contribution in [-0.2, 0) is 4.74 Å². The molecule has 0 spiro atoms. The lowest BCUT2D eigenvalue weighted by Crippen LogP contribution is -2.37. The highest BCUT2D eigenvalue weighted by Crippen LogP contribution is 2.28. The maximum Gasteiger partial charge on any atom is 0.215 e. The summed E-state index contributed by atoms with van der Waals surface area (Å²) in [6.45, 7) is 2.79. The maximum atomic E-state index is 9.65. The van der Waals surface area contributed by atoms with Crippen molar-refractivity contribution in [3.8, 4) is 17.1 Å². The number of benzene rings is 1. The molecular formula is C15H14N4O3. The minimum Gasteiger partial charge on any atom is -0.508 e. The average molecular weight is 298 g/mol. The van der Waals surface area contributed by atoms with Gasteiger partial charge in [-0.15, -0.1) is 0 Å². The highest BCUT2D eigenvalue weighted by molar-refractivity contribution is 5.83. The van der Waals surface area contributed by atoms with E-state index in [4.69, 9.17) is 9.15 Å². The number of aromatic nitrogens is 3. The largest absolute Gasteiger partial charge is 0.508 e. The molecule has 1 aromatic carbocycles. The molecule has 2 aromatic heterocycles. The molecule has 1 aliphatic rings. The minimum atomic E-state index is 0.175. The van der Waals surface area contributed by atoms with Crippen LogP contribution in [0.5, 0.6) is 5.75 Å². The fraction of sp³-hybridized carbons (Fsp3) is 0.267. The maximum absolute atomic E-state index is 9.65. The number of rotatable bonds is 2. The van der Waals surface area contributed by atoms with Crippen molar-refractivity contribution < 1.29 is 14.3 Å². The van der Waals surface area contributed by atoms with Crippen LogP contribution in [0.3, 0.4) is 0 Å². The first-order chi connectivity index (χ1) is 10.8. The molecule has 3 aromatic rings. The fourth-order valence-corrected chi connectivity index (χ4v) is 2.51. The lowest BCUT2D eigenvalue weighted by Gasteiger charge is -2.27. The quantitative estimate of drug-likeness (QED) is 0.772. The van der Waals surface area contributed by atoms with Crippen LogP contribution < -0.4 is 4.90 Å². The number of ether oxygens (including phenoxy) is 1. The summed E-state index contributed by atoms with van der Waals surface area (Å²) in [6.07, 6.45) is 1.37. The summed E-state index contributed by atoms with van der Waals surface area (Å²) in [4.78, 5) is 15.3. The number of fused-ring (bicyclic) bond motifs is 1. The second kappa shape index (κ2) is 5.27. The van der Waals surface area contributed by atoms with Crippen molar-refractivity contribution in [2.45, 2.75) is 0 Å². The van der Waals surface area contributed by atoms with E-state index in [9.17, 15) is 5.11 Å². The van der Waals surface area contributed by atoms with Crippen molar-refractivity contribution in [2.75, 3.05) is 31.2 Å². The Morgan fingerprint density at radius 3 is 2.82 bits per heavy atom. The van der Waals surface area contributed by atoms with Gasteiger partial charge >= 0.3 is 0 Å². The smallest absolute Gasteiger partial charge is 0.215 e.